The molecule has 0 saturated heterocycles. The van der Waals surface area contributed by atoms with Gasteiger partial charge in [-0.25, -0.2) is 4.98 Å². The van der Waals surface area contributed by atoms with Gasteiger partial charge >= 0.3 is 0 Å². The van der Waals surface area contributed by atoms with Gasteiger partial charge in [0.05, 0.1) is 5.69 Å². The summed E-state index contributed by atoms with van der Waals surface area (Å²) in [5.74, 6) is 0. The minimum atomic E-state index is -0.0872. The largest absolute Gasteiger partial charge is 0.326 e. The highest BCUT2D eigenvalue weighted by molar-refractivity contribution is 5.64. The molecule has 0 aromatic carbocycles. The Morgan fingerprint density at radius 1 is 1.11 bits per heavy atom. The van der Waals surface area contributed by atoms with E-state index in [1.807, 2.05) is 48.8 Å². The first kappa shape index (κ1) is 10.8. The Kier molecular flexibility index (Phi) is 2.30. The average molecular weight is 239 g/mol. The fourth-order valence-corrected chi connectivity index (χ4v) is 2.09. The van der Waals surface area contributed by atoms with Crippen molar-refractivity contribution >= 4 is 5.65 Å². The van der Waals surface area contributed by atoms with Crippen LogP contribution >= 0.6 is 0 Å². The van der Waals surface area contributed by atoms with E-state index >= 15 is 0 Å². The molecular formula is C14H13N3O. The van der Waals surface area contributed by atoms with Crippen molar-refractivity contribution in [2.24, 2.45) is 0 Å². The normalized spacial score (nSPS) is 11.0. The Bertz CT molecular complexity index is 783. The van der Waals surface area contributed by atoms with E-state index in [1.54, 1.807) is 0 Å². The van der Waals surface area contributed by atoms with Crippen molar-refractivity contribution in [1.29, 1.82) is 0 Å². The average Bonchev–Trinajstić information content (AvgIpc) is 2.71. The van der Waals surface area contributed by atoms with Crippen LogP contribution in [0.3, 0.4) is 0 Å². The molecule has 0 saturated carbocycles. The Labute approximate surface area is 104 Å². The second-order valence-corrected chi connectivity index (χ2v) is 4.46. The highest BCUT2D eigenvalue weighted by atomic mass is 16.1. The third-order valence-corrected chi connectivity index (χ3v) is 2.99. The molecule has 1 N–H and O–H groups in total. The summed E-state index contributed by atoms with van der Waals surface area (Å²) in [4.78, 5) is 18.6. The maximum absolute atomic E-state index is 11.2. The van der Waals surface area contributed by atoms with Crippen LogP contribution in [-0.4, -0.2) is 14.4 Å². The van der Waals surface area contributed by atoms with Crippen LogP contribution in [0.1, 0.15) is 11.3 Å². The molecule has 0 spiro atoms. The van der Waals surface area contributed by atoms with Gasteiger partial charge < -0.3 is 9.38 Å². The number of hydrogen-bond donors (Lipinski definition) is 1. The number of H-pyrrole nitrogens is 1. The Balaban J connectivity index is 2.22. The predicted octanol–water partition coefficient (Wildman–Crippen LogP) is 2.31. The number of rotatable bonds is 1. The van der Waals surface area contributed by atoms with Crippen molar-refractivity contribution in [3.8, 4) is 11.3 Å². The Hall–Kier alpha value is -2.36. The predicted molar refractivity (Wildman–Crippen MR) is 70.7 cm³/mol. The summed E-state index contributed by atoms with van der Waals surface area (Å²) >= 11 is 0. The second-order valence-electron chi connectivity index (χ2n) is 4.46. The molecule has 0 amide bonds. The van der Waals surface area contributed by atoms with E-state index in [0.29, 0.717) is 0 Å². The minimum absolute atomic E-state index is 0.0872. The number of fused-ring (bicyclic) bond motifs is 1. The van der Waals surface area contributed by atoms with Gasteiger partial charge in [-0.05, 0) is 31.5 Å². The highest BCUT2D eigenvalue weighted by Crippen LogP contribution is 2.20. The maximum atomic E-state index is 11.2. The monoisotopic (exact) mass is 239 g/mol. The quantitative estimate of drug-likeness (QED) is 0.708. The fourth-order valence-electron chi connectivity index (χ4n) is 2.09. The molecule has 0 unspecified atom stereocenters. The number of aromatic nitrogens is 3. The van der Waals surface area contributed by atoms with Gasteiger partial charge in [0.1, 0.15) is 5.65 Å². The summed E-state index contributed by atoms with van der Waals surface area (Å²) in [5.41, 5.74) is 4.66. The molecule has 3 rings (SSSR count). The van der Waals surface area contributed by atoms with E-state index in [0.717, 1.165) is 22.6 Å². The first-order valence-corrected chi connectivity index (χ1v) is 5.79. The molecule has 18 heavy (non-hydrogen) atoms. The van der Waals surface area contributed by atoms with E-state index in [-0.39, 0.29) is 5.56 Å². The molecule has 0 radical (unpaired) electrons. The molecule has 90 valence electrons. The van der Waals surface area contributed by atoms with Gasteiger partial charge in [0, 0.05) is 29.7 Å². The summed E-state index contributed by atoms with van der Waals surface area (Å²) in [6.07, 6.45) is 4.01. The lowest BCUT2D eigenvalue weighted by molar-refractivity contribution is 1.14. The van der Waals surface area contributed by atoms with Crippen LogP contribution in [0.5, 0.6) is 0 Å². The van der Waals surface area contributed by atoms with Gasteiger partial charge in [0.25, 0.3) is 0 Å². The SMILES string of the molecule is Cc1ccc2nc(-c3ccc(=O)[nH]c3C)cn2c1. The van der Waals surface area contributed by atoms with E-state index < -0.39 is 0 Å². The zero-order valence-electron chi connectivity index (χ0n) is 10.3. The molecule has 0 bridgehead atoms. The van der Waals surface area contributed by atoms with Crippen LogP contribution in [0, 0.1) is 13.8 Å². The van der Waals surface area contributed by atoms with E-state index in [4.69, 9.17) is 0 Å². The van der Waals surface area contributed by atoms with Crippen LogP contribution in [0.25, 0.3) is 16.9 Å². The fraction of sp³-hybridized carbons (Fsp3) is 0.143. The molecule has 0 aliphatic rings. The Morgan fingerprint density at radius 3 is 2.72 bits per heavy atom. The minimum Gasteiger partial charge on any atom is -0.326 e. The molecule has 0 atom stereocenters. The third kappa shape index (κ3) is 1.72. The molecular weight excluding hydrogens is 226 g/mol. The summed E-state index contributed by atoms with van der Waals surface area (Å²) < 4.78 is 2.00. The first-order chi connectivity index (χ1) is 8.63. The van der Waals surface area contributed by atoms with Crippen LogP contribution in [-0.2, 0) is 0 Å². The van der Waals surface area contributed by atoms with E-state index in [9.17, 15) is 4.79 Å². The van der Waals surface area contributed by atoms with Gasteiger partial charge in [-0.3, -0.25) is 4.79 Å². The highest BCUT2D eigenvalue weighted by Gasteiger charge is 2.07. The van der Waals surface area contributed by atoms with Gasteiger partial charge in [-0.1, -0.05) is 6.07 Å². The number of aromatic amines is 1. The van der Waals surface area contributed by atoms with Crippen LogP contribution < -0.4 is 5.56 Å². The van der Waals surface area contributed by atoms with Crippen LogP contribution in [0.15, 0.2) is 41.5 Å². The smallest absolute Gasteiger partial charge is 0.248 e. The lowest BCUT2D eigenvalue weighted by Gasteiger charge is -1.99. The van der Waals surface area contributed by atoms with Gasteiger partial charge in [0.2, 0.25) is 5.56 Å². The van der Waals surface area contributed by atoms with E-state index in [1.165, 1.54) is 11.6 Å². The van der Waals surface area contributed by atoms with Crippen molar-refractivity contribution in [1.82, 2.24) is 14.4 Å². The lowest BCUT2D eigenvalue weighted by atomic mass is 10.1. The number of hydrogen-bond acceptors (Lipinski definition) is 2. The maximum Gasteiger partial charge on any atom is 0.248 e. The second kappa shape index (κ2) is 3.84. The number of aryl methyl sites for hydroxylation is 2. The first-order valence-electron chi connectivity index (χ1n) is 5.79. The number of nitrogens with one attached hydrogen (secondary N) is 1. The summed E-state index contributed by atoms with van der Waals surface area (Å²) in [6.45, 7) is 3.93. The zero-order valence-corrected chi connectivity index (χ0v) is 10.3. The topological polar surface area (TPSA) is 50.2 Å². The van der Waals surface area contributed by atoms with Crippen LogP contribution in [0.4, 0.5) is 0 Å². The van der Waals surface area contributed by atoms with Crippen LogP contribution in [0.2, 0.25) is 0 Å². The molecule has 4 heteroatoms. The molecule has 0 aliphatic carbocycles. The molecule has 0 aliphatic heterocycles. The van der Waals surface area contributed by atoms with Crippen molar-refractivity contribution in [3.05, 3.63) is 58.3 Å². The number of imidazole rings is 1. The molecule has 4 nitrogen and oxygen atoms in total. The molecule has 3 aromatic rings. The lowest BCUT2D eigenvalue weighted by Crippen LogP contribution is -2.05. The summed E-state index contributed by atoms with van der Waals surface area (Å²) in [7, 11) is 0. The van der Waals surface area contributed by atoms with Crippen molar-refractivity contribution in [3.63, 3.8) is 0 Å². The van der Waals surface area contributed by atoms with Crippen molar-refractivity contribution in [2.75, 3.05) is 0 Å². The number of nitrogens with zero attached hydrogens (tertiary/aromatic N) is 2. The van der Waals surface area contributed by atoms with E-state index in [2.05, 4.69) is 9.97 Å². The zero-order chi connectivity index (χ0) is 12.7. The molecule has 3 heterocycles. The molecule has 3 aromatic heterocycles. The van der Waals surface area contributed by atoms with Crippen molar-refractivity contribution < 1.29 is 0 Å². The van der Waals surface area contributed by atoms with Gasteiger partial charge in [0.15, 0.2) is 0 Å². The third-order valence-electron chi connectivity index (χ3n) is 2.99. The van der Waals surface area contributed by atoms with Crippen molar-refractivity contribution in [2.45, 2.75) is 13.8 Å². The Morgan fingerprint density at radius 2 is 1.94 bits per heavy atom. The van der Waals surface area contributed by atoms with Gasteiger partial charge in [-0.15, -0.1) is 0 Å². The summed E-state index contributed by atoms with van der Waals surface area (Å²) in [6, 6.07) is 7.35. The van der Waals surface area contributed by atoms with Gasteiger partial charge in [-0.2, -0.15) is 0 Å². The standard InChI is InChI=1S/C14H13N3O/c1-9-3-5-13-16-12(8-17(13)7-9)11-4-6-14(18)15-10(11)2/h3-8H,1-2H3,(H,15,18). The number of pyridine rings is 2. The summed E-state index contributed by atoms with van der Waals surface area (Å²) in [5, 5.41) is 0. The molecule has 0 fully saturated rings.